The van der Waals surface area contributed by atoms with E-state index in [1.165, 1.54) is 32.1 Å². The van der Waals surface area contributed by atoms with Gasteiger partial charge in [0.25, 0.3) is 0 Å². The predicted octanol–water partition coefficient (Wildman–Crippen LogP) is 3.75. The van der Waals surface area contributed by atoms with Crippen LogP contribution >= 0.6 is 0 Å². The Labute approximate surface area is 124 Å². The minimum absolute atomic E-state index is 0.307. The summed E-state index contributed by atoms with van der Waals surface area (Å²) in [5.74, 6) is 3.79. The molecule has 4 rings (SSSR count). The Kier molecular flexibility index (Phi) is 3.32. The Bertz CT molecular complexity index is 396. The molecule has 4 aliphatic carbocycles. The van der Waals surface area contributed by atoms with Crippen LogP contribution in [0.1, 0.15) is 59.3 Å². The summed E-state index contributed by atoms with van der Waals surface area (Å²) in [6.07, 6.45) is 7.88. The largest absolute Gasteiger partial charge is 0.298 e. The molecule has 0 amide bonds. The van der Waals surface area contributed by atoms with Crippen molar-refractivity contribution in [3.8, 4) is 0 Å². The first-order valence-electron chi connectivity index (χ1n) is 8.42. The highest BCUT2D eigenvalue weighted by molar-refractivity contribution is 5.87. The summed E-state index contributed by atoms with van der Waals surface area (Å²) in [6, 6.07) is 0. The third-order valence-electron chi connectivity index (χ3n) is 7.00. The number of ketones is 1. The van der Waals surface area contributed by atoms with Crippen LogP contribution in [0, 0.1) is 29.1 Å². The molecule has 0 N–H and O–H groups in total. The maximum absolute atomic E-state index is 12.7. The predicted molar refractivity (Wildman–Crippen MR) is 82.5 cm³/mol. The van der Waals surface area contributed by atoms with E-state index in [9.17, 15) is 4.79 Å². The number of hydrogen-bond donors (Lipinski definition) is 0. The zero-order chi connectivity index (χ0) is 14.7. The molecular formula is C18H31NO. The van der Waals surface area contributed by atoms with Gasteiger partial charge >= 0.3 is 0 Å². The van der Waals surface area contributed by atoms with E-state index < -0.39 is 0 Å². The van der Waals surface area contributed by atoms with Crippen LogP contribution in [0.5, 0.6) is 0 Å². The van der Waals surface area contributed by atoms with Crippen LogP contribution in [0.15, 0.2) is 0 Å². The molecule has 0 aromatic rings. The zero-order valence-corrected chi connectivity index (χ0v) is 13.9. The molecule has 0 aromatic heterocycles. The highest BCUT2D eigenvalue weighted by atomic mass is 16.1. The van der Waals surface area contributed by atoms with Crippen molar-refractivity contribution in [1.82, 2.24) is 4.90 Å². The fourth-order valence-corrected chi connectivity index (χ4v) is 5.58. The lowest BCUT2D eigenvalue weighted by Crippen LogP contribution is -2.52. The summed E-state index contributed by atoms with van der Waals surface area (Å²) < 4.78 is 0. The van der Waals surface area contributed by atoms with E-state index in [-0.39, 0.29) is 5.54 Å². The minimum atomic E-state index is -0.307. The molecule has 114 valence electrons. The minimum Gasteiger partial charge on any atom is -0.298 e. The molecule has 0 radical (unpaired) electrons. The number of Topliss-reactive ketones (excluding diaryl/α,β-unsaturated/α-hetero) is 1. The fraction of sp³-hybridized carbons (Fsp3) is 0.944. The molecule has 4 saturated carbocycles. The normalized spacial score (nSPS) is 43.3. The van der Waals surface area contributed by atoms with Gasteiger partial charge in [0, 0.05) is 6.42 Å². The lowest BCUT2D eigenvalue weighted by atomic mass is 9.46. The maximum atomic E-state index is 12.7. The average molecular weight is 277 g/mol. The number of carbonyl (C=O) groups is 1. The second kappa shape index (κ2) is 4.56. The SMILES string of the molecule is CN(C)C(C)(C)C(=O)CC1C2CC3CC1CC(C)(C3)C2. The molecule has 0 heterocycles. The molecule has 20 heavy (non-hydrogen) atoms. The first-order chi connectivity index (χ1) is 9.21. The Morgan fingerprint density at radius 1 is 1.15 bits per heavy atom. The second-order valence-corrected chi connectivity index (χ2v) is 9.03. The van der Waals surface area contributed by atoms with Crippen LogP contribution < -0.4 is 0 Å². The summed E-state index contributed by atoms with van der Waals surface area (Å²) in [4.78, 5) is 14.8. The Hall–Kier alpha value is -0.370. The van der Waals surface area contributed by atoms with E-state index in [0.717, 1.165) is 24.2 Å². The van der Waals surface area contributed by atoms with Crippen LogP contribution in [0.25, 0.3) is 0 Å². The Morgan fingerprint density at radius 3 is 2.15 bits per heavy atom. The first-order valence-corrected chi connectivity index (χ1v) is 8.42. The van der Waals surface area contributed by atoms with Crippen molar-refractivity contribution >= 4 is 5.78 Å². The van der Waals surface area contributed by atoms with Crippen molar-refractivity contribution in [3.63, 3.8) is 0 Å². The topological polar surface area (TPSA) is 20.3 Å². The van der Waals surface area contributed by atoms with Crippen LogP contribution in [0.3, 0.4) is 0 Å². The molecule has 0 aromatic carbocycles. The van der Waals surface area contributed by atoms with Crippen molar-refractivity contribution in [2.75, 3.05) is 14.1 Å². The van der Waals surface area contributed by atoms with Gasteiger partial charge in [-0.15, -0.1) is 0 Å². The van der Waals surface area contributed by atoms with E-state index >= 15 is 0 Å². The highest BCUT2D eigenvalue weighted by Crippen LogP contribution is 2.62. The van der Waals surface area contributed by atoms with Gasteiger partial charge in [-0.3, -0.25) is 9.69 Å². The van der Waals surface area contributed by atoms with Crippen molar-refractivity contribution < 1.29 is 4.79 Å². The Morgan fingerprint density at radius 2 is 1.70 bits per heavy atom. The van der Waals surface area contributed by atoms with Gasteiger partial charge < -0.3 is 0 Å². The smallest absolute Gasteiger partial charge is 0.152 e. The molecule has 4 fully saturated rings. The van der Waals surface area contributed by atoms with Gasteiger partial charge in [-0.2, -0.15) is 0 Å². The van der Waals surface area contributed by atoms with E-state index in [0.29, 0.717) is 17.1 Å². The van der Waals surface area contributed by atoms with Crippen LogP contribution in [-0.2, 0) is 4.79 Å². The van der Waals surface area contributed by atoms with Crippen molar-refractivity contribution in [2.45, 2.75) is 64.8 Å². The number of carbonyl (C=O) groups excluding carboxylic acids is 1. The number of nitrogens with zero attached hydrogens (tertiary/aromatic N) is 1. The third kappa shape index (κ3) is 2.24. The van der Waals surface area contributed by atoms with E-state index in [2.05, 4.69) is 25.7 Å². The summed E-state index contributed by atoms with van der Waals surface area (Å²) in [5.41, 5.74) is 0.311. The highest BCUT2D eigenvalue weighted by Gasteiger charge is 2.53. The molecule has 0 saturated heterocycles. The third-order valence-corrected chi connectivity index (χ3v) is 7.00. The number of likely N-dealkylation sites (N-methyl/N-ethyl adjacent to an activating group) is 1. The van der Waals surface area contributed by atoms with Crippen LogP contribution in [-0.4, -0.2) is 30.3 Å². The van der Waals surface area contributed by atoms with E-state index in [1.54, 1.807) is 0 Å². The monoisotopic (exact) mass is 277 g/mol. The molecule has 2 heteroatoms. The van der Waals surface area contributed by atoms with E-state index in [1.807, 2.05) is 14.1 Å². The van der Waals surface area contributed by atoms with Crippen LogP contribution in [0.2, 0.25) is 0 Å². The quantitative estimate of drug-likeness (QED) is 0.780. The maximum Gasteiger partial charge on any atom is 0.152 e. The zero-order valence-electron chi connectivity index (χ0n) is 13.9. The summed E-state index contributed by atoms with van der Waals surface area (Å²) in [5, 5.41) is 0. The van der Waals surface area contributed by atoms with Gasteiger partial charge in [-0.25, -0.2) is 0 Å². The number of hydrogen-bond acceptors (Lipinski definition) is 2. The van der Waals surface area contributed by atoms with Gasteiger partial charge in [-0.1, -0.05) is 6.92 Å². The standard InChI is InChI=1S/C18H31NO/c1-17(2,19(4)5)16(20)8-15-13-6-12-7-14(15)11-18(3,9-12)10-13/h12-15H,6-11H2,1-5H3. The molecule has 0 spiro atoms. The van der Waals surface area contributed by atoms with E-state index in [4.69, 9.17) is 0 Å². The molecule has 4 bridgehead atoms. The summed E-state index contributed by atoms with van der Waals surface area (Å²) in [7, 11) is 4.05. The van der Waals surface area contributed by atoms with Crippen molar-refractivity contribution in [1.29, 1.82) is 0 Å². The number of rotatable bonds is 4. The summed E-state index contributed by atoms with van der Waals surface area (Å²) in [6.45, 7) is 6.65. The fourth-order valence-electron chi connectivity index (χ4n) is 5.58. The van der Waals surface area contributed by atoms with Crippen LogP contribution in [0.4, 0.5) is 0 Å². The van der Waals surface area contributed by atoms with Gasteiger partial charge in [0.1, 0.15) is 0 Å². The average Bonchev–Trinajstić information content (AvgIpc) is 2.31. The van der Waals surface area contributed by atoms with Gasteiger partial charge in [-0.05, 0) is 89.1 Å². The summed E-state index contributed by atoms with van der Waals surface area (Å²) >= 11 is 0. The second-order valence-electron chi connectivity index (χ2n) is 9.03. The van der Waals surface area contributed by atoms with Gasteiger partial charge in [0.05, 0.1) is 5.54 Å². The molecule has 4 aliphatic rings. The van der Waals surface area contributed by atoms with Crippen molar-refractivity contribution in [3.05, 3.63) is 0 Å². The first kappa shape index (κ1) is 14.6. The van der Waals surface area contributed by atoms with Crippen molar-refractivity contribution in [2.24, 2.45) is 29.1 Å². The van der Waals surface area contributed by atoms with Gasteiger partial charge in [0.2, 0.25) is 0 Å². The molecule has 2 atom stereocenters. The lowest BCUT2D eigenvalue weighted by molar-refractivity contribution is -0.136. The molecular weight excluding hydrogens is 246 g/mol. The molecule has 2 nitrogen and oxygen atoms in total. The molecule has 2 unspecified atom stereocenters. The Balaban J connectivity index is 1.72. The lowest BCUT2D eigenvalue weighted by Gasteiger charge is -2.59. The van der Waals surface area contributed by atoms with Gasteiger partial charge in [0.15, 0.2) is 5.78 Å². The molecule has 0 aliphatic heterocycles.